The zero-order chi connectivity index (χ0) is 13.0. The molecule has 0 radical (unpaired) electrons. The van der Waals surface area contributed by atoms with Gasteiger partial charge in [0, 0.05) is 12.1 Å². The van der Waals surface area contributed by atoms with Crippen molar-refractivity contribution in [3.63, 3.8) is 0 Å². The maximum Gasteiger partial charge on any atom is 0.0131 e. The molecule has 3 saturated carbocycles. The van der Waals surface area contributed by atoms with Gasteiger partial charge < -0.3 is 5.32 Å². The van der Waals surface area contributed by atoms with Crippen molar-refractivity contribution in [3.05, 3.63) is 0 Å². The lowest BCUT2D eigenvalue weighted by Gasteiger charge is -2.41. The van der Waals surface area contributed by atoms with Gasteiger partial charge in [-0.3, -0.25) is 0 Å². The Kier molecular flexibility index (Phi) is 3.05. The summed E-state index contributed by atoms with van der Waals surface area (Å²) >= 11 is 0. The van der Waals surface area contributed by atoms with E-state index in [1.165, 1.54) is 44.9 Å². The summed E-state index contributed by atoms with van der Waals surface area (Å²) in [6, 6.07) is 1.52. The van der Waals surface area contributed by atoms with Crippen LogP contribution in [0.25, 0.3) is 0 Å². The lowest BCUT2D eigenvalue weighted by molar-refractivity contribution is 0.111. The molecule has 0 aromatic heterocycles. The summed E-state index contributed by atoms with van der Waals surface area (Å²) in [5, 5.41) is 4.05. The van der Waals surface area contributed by atoms with Gasteiger partial charge in [0.15, 0.2) is 0 Å². The van der Waals surface area contributed by atoms with Gasteiger partial charge in [0.2, 0.25) is 0 Å². The summed E-state index contributed by atoms with van der Waals surface area (Å²) in [5.74, 6) is 1.92. The molecule has 3 fully saturated rings. The van der Waals surface area contributed by atoms with Gasteiger partial charge in [-0.15, -0.1) is 0 Å². The van der Waals surface area contributed by atoms with Crippen LogP contribution in [0.4, 0.5) is 0 Å². The van der Waals surface area contributed by atoms with Crippen molar-refractivity contribution in [1.82, 2.24) is 5.32 Å². The maximum atomic E-state index is 4.05. The summed E-state index contributed by atoms with van der Waals surface area (Å²) in [5.41, 5.74) is 1.10. The molecule has 0 spiro atoms. The van der Waals surface area contributed by atoms with Crippen LogP contribution in [0, 0.1) is 22.7 Å². The van der Waals surface area contributed by atoms with Crippen molar-refractivity contribution in [1.29, 1.82) is 0 Å². The number of hydrogen-bond acceptors (Lipinski definition) is 1. The molecule has 18 heavy (non-hydrogen) atoms. The van der Waals surface area contributed by atoms with Crippen LogP contribution in [-0.4, -0.2) is 12.1 Å². The van der Waals surface area contributed by atoms with Crippen LogP contribution in [0.1, 0.15) is 72.6 Å². The van der Waals surface area contributed by atoms with E-state index in [1.807, 2.05) is 0 Å². The van der Waals surface area contributed by atoms with Crippen LogP contribution < -0.4 is 5.32 Å². The molecule has 1 heteroatoms. The molecule has 1 N–H and O–H groups in total. The van der Waals surface area contributed by atoms with Crippen molar-refractivity contribution < 1.29 is 0 Å². The van der Waals surface area contributed by atoms with E-state index in [0.717, 1.165) is 23.9 Å². The van der Waals surface area contributed by atoms with E-state index in [0.29, 0.717) is 10.8 Å². The average molecular weight is 249 g/mol. The molecule has 1 nitrogen and oxygen atoms in total. The summed E-state index contributed by atoms with van der Waals surface area (Å²) in [6.45, 7) is 10.0. The van der Waals surface area contributed by atoms with E-state index in [4.69, 9.17) is 0 Å². The molecular weight excluding hydrogens is 218 g/mol. The average Bonchev–Trinajstić information content (AvgIpc) is 2.95. The lowest BCUT2D eigenvalue weighted by Crippen LogP contribution is -2.49. The molecule has 0 aliphatic heterocycles. The van der Waals surface area contributed by atoms with Crippen LogP contribution in [0.2, 0.25) is 0 Å². The molecule has 0 aromatic rings. The molecule has 3 unspecified atom stereocenters. The Morgan fingerprint density at radius 1 is 1.06 bits per heavy atom. The third kappa shape index (κ3) is 1.69. The first-order valence-corrected chi connectivity index (χ1v) is 8.21. The second-order valence-electron chi connectivity index (χ2n) is 8.16. The van der Waals surface area contributed by atoms with Gasteiger partial charge in [-0.05, 0) is 61.7 Å². The number of fused-ring (bicyclic) bond motifs is 2. The van der Waals surface area contributed by atoms with E-state index in [1.54, 1.807) is 0 Å². The highest BCUT2D eigenvalue weighted by Crippen LogP contribution is 2.65. The molecule has 104 valence electrons. The summed E-state index contributed by atoms with van der Waals surface area (Å²) in [6.07, 6.45) is 10.2. The zero-order valence-electron chi connectivity index (χ0n) is 12.8. The van der Waals surface area contributed by atoms with Crippen molar-refractivity contribution >= 4 is 0 Å². The van der Waals surface area contributed by atoms with Crippen LogP contribution in [0.5, 0.6) is 0 Å². The minimum Gasteiger partial charge on any atom is -0.311 e. The quantitative estimate of drug-likeness (QED) is 0.783. The predicted molar refractivity (Wildman–Crippen MR) is 77.6 cm³/mol. The molecular formula is C17H31N. The third-order valence-corrected chi connectivity index (χ3v) is 7.37. The van der Waals surface area contributed by atoms with Crippen molar-refractivity contribution in [2.24, 2.45) is 22.7 Å². The second-order valence-corrected chi connectivity index (χ2v) is 8.16. The number of rotatable bonds is 3. The molecule has 3 aliphatic rings. The second kappa shape index (κ2) is 4.23. The van der Waals surface area contributed by atoms with Crippen LogP contribution in [-0.2, 0) is 0 Å². The lowest BCUT2D eigenvalue weighted by atomic mass is 9.69. The van der Waals surface area contributed by atoms with Gasteiger partial charge in [-0.25, -0.2) is 0 Å². The van der Waals surface area contributed by atoms with E-state index >= 15 is 0 Å². The minimum absolute atomic E-state index is 0.546. The van der Waals surface area contributed by atoms with Gasteiger partial charge in [-0.1, -0.05) is 33.6 Å². The Hall–Kier alpha value is -0.0400. The first kappa shape index (κ1) is 13.0. The molecule has 2 bridgehead atoms. The van der Waals surface area contributed by atoms with Crippen LogP contribution in [0.15, 0.2) is 0 Å². The fraction of sp³-hybridized carbons (Fsp3) is 1.00. The molecule has 3 rings (SSSR count). The Balaban J connectivity index is 1.68. The van der Waals surface area contributed by atoms with Crippen LogP contribution >= 0.6 is 0 Å². The molecule has 0 saturated heterocycles. The van der Waals surface area contributed by atoms with Crippen molar-refractivity contribution in [2.75, 3.05) is 0 Å². The van der Waals surface area contributed by atoms with Gasteiger partial charge in [0.25, 0.3) is 0 Å². The Morgan fingerprint density at radius 3 is 2.22 bits per heavy atom. The first-order chi connectivity index (χ1) is 8.45. The number of nitrogens with one attached hydrogen (secondary N) is 1. The summed E-state index contributed by atoms with van der Waals surface area (Å²) in [7, 11) is 0. The smallest absolute Gasteiger partial charge is 0.0131 e. The van der Waals surface area contributed by atoms with Gasteiger partial charge in [-0.2, -0.15) is 0 Å². The largest absolute Gasteiger partial charge is 0.311 e. The van der Waals surface area contributed by atoms with E-state index in [-0.39, 0.29) is 0 Å². The summed E-state index contributed by atoms with van der Waals surface area (Å²) in [4.78, 5) is 0. The van der Waals surface area contributed by atoms with E-state index < -0.39 is 0 Å². The van der Waals surface area contributed by atoms with Crippen molar-refractivity contribution in [2.45, 2.75) is 84.7 Å². The molecule has 3 aliphatic carbocycles. The standard InChI is InChI=1S/C17H31N/c1-12(13-7-5-6-8-13)18-15-11-14-9-10-17(15,4)16(14,2)3/h12-15,18H,5-11H2,1-4H3/t12-,14?,15?,17?/m0/s1. The summed E-state index contributed by atoms with van der Waals surface area (Å²) < 4.78 is 0. The van der Waals surface area contributed by atoms with E-state index in [2.05, 4.69) is 33.0 Å². The number of hydrogen-bond donors (Lipinski definition) is 1. The molecule has 0 heterocycles. The maximum absolute atomic E-state index is 4.05. The Morgan fingerprint density at radius 2 is 1.72 bits per heavy atom. The molecule has 0 amide bonds. The minimum atomic E-state index is 0.546. The highest BCUT2D eigenvalue weighted by atomic mass is 15.0. The van der Waals surface area contributed by atoms with Gasteiger partial charge in [0.1, 0.15) is 0 Å². The van der Waals surface area contributed by atoms with E-state index in [9.17, 15) is 0 Å². The van der Waals surface area contributed by atoms with Gasteiger partial charge in [0.05, 0.1) is 0 Å². The molecule has 4 atom stereocenters. The van der Waals surface area contributed by atoms with Crippen LogP contribution in [0.3, 0.4) is 0 Å². The fourth-order valence-electron chi connectivity index (χ4n) is 5.37. The topological polar surface area (TPSA) is 12.0 Å². The predicted octanol–water partition coefficient (Wildman–Crippen LogP) is 4.37. The monoisotopic (exact) mass is 249 g/mol. The van der Waals surface area contributed by atoms with Gasteiger partial charge >= 0.3 is 0 Å². The highest BCUT2D eigenvalue weighted by Gasteiger charge is 2.61. The first-order valence-electron chi connectivity index (χ1n) is 8.21. The Bertz CT molecular complexity index is 316. The SMILES string of the molecule is C[C@H](NC1CC2CCC1(C)C2(C)C)C1CCCC1. The third-order valence-electron chi connectivity index (χ3n) is 7.37. The normalized spacial score (nSPS) is 44.7. The fourth-order valence-corrected chi connectivity index (χ4v) is 5.37. The highest BCUT2D eigenvalue weighted by molar-refractivity contribution is 5.13. The zero-order valence-corrected chi connectivity index (χ0v) is 12.8. The Labute approximate surface area is 113 Å². The molecule has 0 aromatic carbocycles. The van der Waals surface area contributed by atoms with Crippen molar-refractivity contribution in [3.8, 4) is 0 Å².